The maximum absolute atomic E-state index is 10.1. The van der Waals surface area contributed by atoms with E-state index in [1.54, 1.807) is 0 Å². The average Bonchev–Trinajstić information content (AvgIpc) is 3.13. The highest BCUT2D eigenvalue weighted by atomic mass is 16.6. The quantitative estimate of drug-likeness (QED) is 0.272. The van der Waals surface area contributed by atoms with Gasteiger partial charge < -0.3 is 9.53 Å². The summed E-state index contributed by atoms with van der Waals surface area (Å²) in [6.07, 6.45) is 17.1. The summed E-state index contributed by atoms with van der Waals surface area (Å²) in [6.45, 7) is 2.24. The first-order valence-electron chi connectivity index (χ1n) is 7.97. The Kier molecular flexibility index (Phi) is 9.19. The van der Waals surface area contributed by atoms with E-state index in [1.165, 1.54) is 64.2 Å². The van der Waals surface area contributed by atoms with Crippen molar-refractivity contribution in [3.63, 3.8) is 0 Å². The van der Waals surface area contributed by atoms with E-state index in [2.05, 4.69) is 6.92 Å². The smallest absolute Gasteiger partial charge is 0.119 e. The number of hydrogen-bond donors (Lipinski definition) is 0. The lowest BCUT2D eigenvalue weighted by molar-refractivity contribution is -0.107. The second-order valence-corrected chi connectivity index (χ2v) is 5.57. The lowest BCUT2D eigenvalue weighted by Crippen LogP contribution is -1.94. The van der Waals surface area contributed by atoms with Crippen LogP contribution in [0.4, 0.5) is 0 Å². The summed E-state index contributed by atoms with van der Waals surface area (Å²) in [7, 11) is 0. The molecule has 1 aliphatic rings. The van der Waals surface area contributed by atoms with Gasteiger partial charge in [-0.2, -0.15) is 0 Å². The molecule has 2 unspecified atom stereocenters. The first kappa shape index (κ1) is 15.7. The van der Waals surface area contributed by atoms with Gasteiger partial charge >= 0.3 is 0 Å². The van der Waals surface area contributed by atoms with E-state index in [1.807, 2.05) is 0 Å². The Morgan fingerprint density at radius 3 is 2.00 bits per heavy atom. The lowest BCUT2D eigenvalue weighted by atomic mass is 10.0. The topological polar surface area (TPSA) is 29.6 Å². The molecule has 1 heterocycles. The molecule has 0 aromatic rings. The van der Waals surface area contributed by atoms with Crippen molar-refractivity contribution in [1.29, 1.82) is 0 Å². The van der Waals surface area contributed by atoms with Crippen LogP contribution in [0.3, 0.4) is 0 Å². The second-order valence-electron chi connectivity index (χ2n) is 5.57. The third-order valence-electron chi connectivity index (χ3n) is 3.84. The predicted octanol–water partition coefficient (Wildman–Crippen LogP) is 4.65. The van der Waals surface area contributed by atoms with Gasteiger partial charge in [0.25, 0.3) is 0 Å². The Bertz CT molecular complexity index is 203. The number of carbonyl (C=O) groups is 1. The van der Waals surface area contributed by atoms with E-state index in [0.717, 1.165) is 19.1 Å². The van der Waals surface area contributed by atoms with Crippen molar-refractivity contribution in [2.45, 2.75) is 96.2 Å². The molecule has 1 rings (SSSR count). The second kappa shape index (κ2) is 10.5. The van der Waals surface area contributed by atoms with E-state index >= 15 is 0 Å². The van der Waals surface area contributed by atoms with Gasteiger partial charge in [0.15, 0.2) is 0 Å². The van der Waals surface area contributed by atoms with Crippen molar-refractivity contribution in [2.75, 3.05) is 0 Å². The third-order valence-corrected chi connectivity index (χ3v) is 3.84. The number of ether oxygens (including phenoxy) is 1. The maximum Gasteiger partial charge on any atom is 0.119 e. The number of aldehydes is 1. The van der Waals surface area contributed by atoms with E-state index in [9.17, 15) is 4.79 Å². The van der Waals surface area contributed by atoms with Crippen LogP contribution >= 0.6 is 0 Å². The van der Waals surface area contributed by atoms with Crippen molar-refractivity contribution < 1.29 is 9.53 Å². The van der Waals surface area contributed by atoms with Crippen LogP contribution in [0, 0.1) is 0 Å². The zero-order chi connectivity index (χ0) is 13.1. The molecule has 0 aromatic heterocycles. The SMILES string of the molecule is CCCCC1OC1CCCCCCCCCC=O. The highest BCUT2D eigenvalue weighted by Crippen LogP contribution is 2.31. The normalized spacial score (nSPS) is 22.1. The summed E-state index contributed by atoms with van der Waals surface area (Å²) in [6, 6.07) is 0. The Hall–Kier alpha value is -0.370. The first-order valence-corrected chi connectivity index (χ1v) is 7.97. The molecule has 0 radical (unpaired) electrons. The largest absolute Gasteiger partial charge is 0.370 e. The third kappa shape index (κ3) is 7.86. The molecule has 1 saturated heterocycles. The highest BCUT2D eigenvalue weighted by molar-refractivity contribution is 5.48. The van der Waals surface area contributed by atoms with Gasteiger partial charge in [0.1, 0.15) is 6.29 Å². The number of hydrogen-bond acceptors (Lipinski definition) is 2. The molecule has 0 aliphatic carbocycles. The van der Waals surface area contributed by atoms with Crippen LogP contribution in [0.2, 0.25) is 0 Å². The molecule has 18 heavy (non-hydrogen) atoms. The minimum atomic E-state index is 0.601. The van der Waals surface area contributed by atoms with Crippen LogP contribution in [0.25, 0.3) is 0 Å². The Morgan fingerprint density at radius 2 is 1.39 bits per heavy atom. The number of carbonyl (C=O) groups excluding carboxylic acids is 1. The zero-order valence-corrected chi connectivity index (χ0v) is 12.0. The maximum atomic E-state index is 10.1. The zero-order valence-electron chi connectivity index (χ0n) is 12.0. The average molecular weight is 254 g/mol. The highest BCUT2D eigenvalue weighted by Gasteiger charge is 2.36. The molecule has 1 fully saturated rings. The van der Waals surface area contributed by atoms with E-state index in [4.69, 9.17) is 4.74 Å². The van der Waals surface area contributed by atoms with Gasteiger partial charge in [-0.05, 0) is 19.3 Å². The number of unbranched alkanes of at least 4 members (excludes halogenated alkanes) is 8. The predicted molar refractivity (Wildman–Crippen MR) is 75.8 cm³/mol. The summed E-state index contributed by atoms with van der Waals surface area (Å²) in [5.41, 5.74) is 0. The van der Waals surface area contributed by atoms with Gasteiger partial charge in [0, 0.05) is 6.42 Å². The van der Waals surface area contributed by atoms with Crippen LogP contribution in [0.5, 0.6) is 0 Å². The van der Waals surface area contributed by atoms with Gasteiger partial charge in [-0.25, -0.2) is 0 Å². The van der Waals surface area contributed by atoms with E-state index in [-0.39, 0.29) is 0 Å². The fourth-order valence-corrected chi connectivity index (χ4v) is 2.55. The van der Waals surface area contributed by atoms with Crippen molar-refractivity contribution >= 4 is 6.29 Å². The molecule has 2 nitrogen and oxygen atoms in total. The van der Waals surface area contributed by atoms with Crippen molar-refractivity contribution in [3.8, 4) is 0 Å². The van der Waals surface area contributed by atoms with Gasteiger partial charge in [-0.1, -0.05) is 58.3 Å². The van der Waals surface area contributed by atoms with Gasteiger partial charge in [0.2, 0.25) is 0 Å². The minimum absolute atomic E-state index is 0.601. The van der Waals surface area contributed by atoms with Crippen molar-refractivity contribution in [2.24, 2.45) is 0 Å². The standard InChI is InChI=1S/C16H30O2/c1-2-3-12-15-16(18-15)13-10-8-6-4-5-7-9-11-14-17/h14-16H,2-13H2,1H3. The molecule has 0 bridgehead atoms. The number of epoxide rings is 1. The van der Waals surface area contributed by atoms with Crippen LogP contribution in [0.15, 0.2) is 0 Å². The van der Waals surface area contributed by atoms with Gasteiger partial charge in [0.05, 0.1) is 12.2 Å². The summed E-state index contributed by atoms with van der Waals surface area (Å²) < 4.78 is 5.66. The summed E-state index contributed by atoms with van der Waals surface area (Å²) >= 11 is 0. The molecule has 0 spiro atoms. The minimum Gasteiger partial charge on any atom is -0.370 e. The molecule has 106 valence electrons. The summed E-state index contributed by atoms with van der Waals surface area (Å²) in [5.74, 6) is 0. The molecule has 0 N–H and O–H groups in total. The lowest BCUT2D eigenvalue weighted by Gasteiger charge is -2.00. The first-order chi connectivity index (χ1) is 8.88. The van der Waals surface area contributed by atoms with E-state index < -0.39 is 0 Å². The molecule has 0 saturated carbocycles. The van der Waals surface area contributed by atoms with Crippen LogP contribution in [0.1, 0.15) is 84.0 Å². The molecule has 2 atom stereocenters. The molecule has 1 aliphatic heterocycles. The molecular weight excluding hydrogens is 224 g/mol. The molecule has 0 amide bonds. The fraction of sp³-hybridized carbons (Fsp3) is 0.938. The summed E-state index contributed by atoms with van der Waals surface area (Å²) in [5, 5.41) is 0. The Labute approximate surface area is 112 Å². The Balaban J connectivity index is 1.73. The number of rotatable bonds is 13. The Morgan fingerprint density at radius 1 is 0.833 bits per heavy atom. The monoisotopic (exact) mass is 254 g/mol. The molecule has 0 aromatic carbocycles. The van der Waals surface area contributed by atoms with Crippen molar-refractivity contribution in [3.05, 3.63) is 0 Å². The van der Waals surface area contributed by atoms with E-state index in [0.29, 0.717) is 12.2 Å². The van der Waals surface area contributed by atoms with Crippen LogP contribution in [-0.4, -0.2) is 18.5 Å². The summed E-state index contributed by atoms with van der Waals surface area (Å²) in [4.78, 5) is 10.1. The van der Waals surface area contributed by atoms with Crippen molar-refractivity contribution in [1.82, 2.24) is 0 Å². The molecular formula is C16H30O2. The molecule has 2 heteroatoms. The van der Waals surface area contributed by atoms with Crippen LogP contribution in [-0.2, 0) is 9.53 Å². The van der Waals surface area contributed by atoms with Gasteiger partial charge in [-0.15, -0.1) is 0 Å². The van der Waals surface area contributed by atoms with Gasteiger partial charge in [-0.3, -0.25) is 0 Å². The fourth-order valence-electron chi connectivity index (χ4n) is 2.55. The van der Waals surface area contributed by atoms with Crippen LogP contribution < -0.4 is 0 Å².